The van der Waals surface area contributed by atoms with Gasteiger partial charge in [0.05, 0.1) is 4.99 Å². The molecule has 1 aliphatic carbocycles. The molecule has 0 heterocycles. The molecule has 0 fully saturated rings. The van der Waals surface area contributed by atoms with Crippen LogP contribution >= 0.6 is 12.2 Å². The van der Waals surface area contributed by atoms with Crippen LogP contribution in [0.15, 0.2) is 11.6 Å². The molecule has 1 aliphatic rings. The molecule has 0 aromatic heterocycles. The van der Waals surface area contributed by atoms with Gasteiger partial charge in [-0.25, -0.2) is 0 Å². The number of thiocarbonyl (C=S) groups is 1. The average molecular weight is 225 g/mol. The first-order chi connectivity index (χ1) is 6.53. The lowest BCUT2D eigenvalue weighted by molar-refractivity contribution is 0.119. The number of hydrogen-bond donors (Lipinski definition) is 1. The van der Waals surface area contributed by atoms with Gasteiger partial charge in [0.2, 0.25) is 0 Å². The summed E-state index contributed by atoms with van der Waals surface area (Å²) in [5.74, 6) is 0. The second kappa shape index (κ2) is 3.31. The normalized spacial score (nSPS) is 33.3. The fourth-order valence-corrected chi connectivity index (χ4v) is 2.99. The second-order valence-corrected chi connectivity index (χ2v) is 6.78. The zero-order valence-corrected chi connectivity index (χ0v) is 11.6. The minimum atomic E-state index is -0.151. The Kier molecular flexibility index (Phi) is 2.80. The number of allylic oxidation sites excluding steroid dienone is 1. The van der Waals surface area contributed by atoms with Crippen molar-refractivity contribution < 1.29 is 0 Å². The van der Waals surface area contributed by atoms with Crippen LogP contribution in [-0.2, 0) is 0 Å². The molecule has 0 aromatic rings. The standard InChI is InChI=1S/C13H23NS/c1-9-7-13(6,10(14)15)12(4,5)8-11(9,2)3/h7H,8H2,1-6H3,(H2,14,15). The van der Waals surface area contributed by atoms with Gasteiger partial charge in [0.1, 0.15) is 0 Å². The SMILES string of the molecule is CC1=CC(C)(C(N)=S)C(C)(C)CC1(C)C. The Hall–Kier alpha value is -0.370. The summed E-state index contributed by atoms with van der Waals surface area (Å²) in [4.78, 5) is 0.613. The van der Waals surface area contributed by atoms with Gasteiger partial charge in [-0.1, -0.05) is 51.6 Å². The third-order valence-electron chi connectivity index (χ3n) is 4.37. The maximum atomic E-state index is 5.91. The van der Waals surface area contributed by atoms with Crippen LogP contribution in [0.25, 0.3) is 0 Å². The first-order valence-corrected chi connectivity index (χ1v) is 5.94. The van der Waals surface area contributed by atoms with Gasteiger partial charge in [0.15, 0.2) is 0 Å². The van der Waals surface area contributed by atoms with E-state index in [9.17, 15) is 0 Å². The predicted molar refractivity (Wildman–Crippen MR) is 70.8 cm³/mol. The van der Waals surface area contributed by atoms with Crippen LogP contribution in [0, 0.1) is 16.2 Å². The summed E-state index contributed by atoms with van der Waals surface area (Å²) in [6, 6.07) is 0. The van der Waals surface area contributed by atoms with Crippen molar-refractivity contribution in [2.24, 2.45) is 22.0 Å². The van der Waals surface area contributed by atoms with Crippen molar-refractivity contribution in [1.29, 1.82) is 0 Å². The van der Waals surface area contributed by atoms with Gasteiger partial charge in [-0.2, -0.15) is 0 Å². The fraction of sp³-hybridized carbons (Fsp3) is 0.769. The van der Waals surface area contributed by atoms with Gasteiger partial charge in [-0.05, 0) is 31.1 Å². The number of rotatable bonds is 1. The minimum Gasteiger partial charge on any atom is -0.393 e. The van der Waals surface area contributed by atoms with Crippen molar-refractivity contribution in [3.05, 3.63) is 11.6 Å². The van der Waals surface area contributed by atoms with Crippen LogP contribution in [0.2, 0.25) is 0 Å². The van der Waals surface area contributed by atoms with E-state index >= 15 is 0 Å². The summed E-state index contributed by atoms with van der Waals surface area (Å²) >= 11 is 5.24. The van der Waals surface area contributed by atoms with Crippen LogP contribution < -0.4 is 5.73 Å². The Balaban J connectivity index is 3.32. The maximum absolute atomic E-state index is 5.91. The lowest BCUT2D eigenvalue weighted by Gasteiger charge is -2.51. The lowest BCUT2D eigenvalue weighted by Crippen LogP contribution is -2.49. The maximum Gasteiger partial charge on any atom is 0.0831 e. The monoisotopic (exact) mass is 225 g/mol. The van der Waals surface area contributed by atoms with Gasteiger partial charge in [-0.3, -0.25) is 0 Å². The first-order valence-electron chi connectivity index (χ1n) is 5.53. The van der Waals surface area contributed by atoms with Crippen LogP contribution in [0.3, 0.4) is 0 Å². The van der Waals surface area contributed by atoms with Crippen LogP contribution in [0.4, 0.5) is 0 Å². The lowest BCUT2D eigenvalue weighted by atomic mass is 9.54. The van der Waals surface area contributed by atoms with Gasteiger partial charge in [0, 0.05) is 5.41 Å². The molecular weight excluding hydrogens is 202 g/mol. The van der Waals surface area contributed by atoms with Gasteiger partial charge in [-0.15, -0.1) is 0 Å². The number of hydrogen-bond acceptors (Lipinski definition) is 1. The minimum absolute atomic E-state index is 0.127. The van der Waals surface area contributed by atoms with E-state index in [2.05, 4.69) is 47.6 Å². The summed E-state index contributed by atoms with van der Waals surface area (Å²) in [6.07, 6.45) is 3.40. The highest BCUT2D eigenvalue weighted by Gasteiger charge is 2.48. The van der Waals surface area contributed by atoms with Crippen LogP contribution in [0.1, 0.15) is 48.0 Å². The Labute approximate surface area is 99.1 Å². The molecule has 1 atom stereocenters. The highest BCUT2D eigenvalue weighted by atomic mass is 32.1. The summed E-state index contributed by atoms with van der Waals surface area (Å²) in [5, 5.41) is 0. The Morgan fingerprint density at radius 3 is 2.13 bits per heavy atom. The van der Waals surface area contributed by atoms with Gasteiger partial charge >= 0.3 is 0 Å². The summed E-state index contributed by atoms with van der Waals surface area (Å²) in [7, 11) is 0. The highest BCUT2D eigenvalue weighted by Crippen LogP contribution is 2.54. The van der Waals surface area contributed by atoms with E-state index in [0.29, 0.717) is 4.99 Å². The molecule has 0 spiro atoms. The smallest absolute Gasteiger partial charge is 0.0831 e. The molecule has 0 amide bonds. The number of nitrogens with two attached hydrogens (primary N) is 1. The van der Waals surface area contributed by atoms with E-state index in [1.54, 1.807) is 0 Å². The Morgan fingerprint density at radius 1 is 1.27 bits per heavy atom. The topological polar surface area (TPSA) is 26.0 Å². The van der Waals surface area contributed by atoms with Crippen molar-refractivity contribution in [1.82, 2.24) is 0 Å². The van der Waals surface area contributed by atoms with E-state index in [1.807, 2.05) is 0 Å². The summed E-state index contributed by atoms with van der Waals surface area (Å²) < 4.78 is 0. The molecule has 1 rings (SSSR count). The molecule has 0 aliphatic heterocycles. The largest absolute Gasteiger partial charge is 0.393 e. The van der Waals surface area contributed by atoms with Crippen molar-refractivity contribution in [3.8, 4) is 0 Å². The molecule has 0 radical (unpaired) electrons. The van der Waals surface area contributed by atoms with E-state index in [-0.39, 0.29) is 16.2 Å². The van der Waals surface area contributed by atoms with Crippen molar-refractivity contribution in [3.63, 3.8) is 0 Å². The van der Waals surface area contributed by atoms with Crippen molar-refractivity contribution in [2.75, 3.05) is 0 Å². The van der Waals surface area contributed by atoms with Crippen molar-refractivity contribution >= 4 is 17.2 Å². The fourth-order valence-electron chi connectivity index (χ4n) is 2.66. The van der Waals surface area contributed by atoms with Crippen LogP contribution in [-0.4, -0.2) is 4.99 Å². The van der Waals surface area contributed by atoms with Gasteiger partial charge < -0.3 is 5.73 Å². The van der Waals surface area contributed by atoms with E-state index < -0.39 is 0 Å². The first kappa shape index (κ1) is 12.7. The second-order valence-electron chi connectivity index (χ2n) is 6.34. The Morgan fingerprint density at radius 2 is 1.73 bits per heavy atom. The Bertz CT molecular complexity index is 325. The van der Waals surface area contributed by atoms with Crippen molar-refractivity contribution in [2.45, 2.75) is 48.0 Å². The molecule has 2 N–H and O–H groups in total. The third-order valence-corrected chi connectivity index (χ3v) is 4.80. The molecule has 0 saturated heterocycles. The van der Waals surface area contributed by atoms with E-state index in [1.165, 1.54) is 5.57 Å². The molecule has 0 saturated carbocycles. The van der Waals surface area contributed by atoms with Crippen LogP contribution in [0.5, 0.6) is 0 Å². The molecular formula is C13H23NS. The zero-order valence-electron chi connectivity index (χ0n) is 10.8. The molecule has 1 nitrogen and oxygen atoms in total. The predicted octanol–water partition coefficient (Wildman–Crippen LogP) is 3.68. The van der Waals surface area contributed by atoms with E-state index in [0.717, 1.165) is 6.42 Å². The molecule has 15 heavy (non-hydrogen) atoms. The molecule has 0 bridgehead atoms. The summed E-state index contributed by atoms with van der Waals surface area (Å²) in [6.45, 7) is 13.5. The quantitative estimate of drug-likeness (QED) is 0.544. The molecule has 0 aromatic carbocycles. The molecule has 86 valence electrons. The molecule has 2 heteroatoms. The highest BCUT2D eigenvalue weighted by molar-refractivity contribution is 7.80. The average Bonchev–Trinajstić information content (AvgIpc) is 1.99. The van der Waals surface area contributed by atoms with E-state index in [4.69, 9.17) is 18.0 Å². The van der Waals surface area contributed by atoms with Gasteiger partial charge in [0.25, 0.3) is 0 Å². The summed E-state index contributed by atoms with van der Waals surface area (Å²) in [5.41, 5.74) is 7.55. The zero-order chi connectivity index (χ0) is 12.1. The third kappa shape index (κ3) is 1.84. The molecule has 1 unspecified atom stereocenters.